The maximum atomic E-state index is 13.2. The maximum Gasteiger partial charge on any atom is 0.137 e. The van der Waals surface area contributed by atoms with Gasteiger partial charge in [-0.2, -0.15) is 0 Å². The van der Waals surface area contributed by atoms with Gasteiger partial charge in [0.25, 0.3) is 0 Å². The summed E-state index contributed by atoms with van der Waals surface area (Å²) in [6.45, 7) is 4.85. The van der Waals surface area contributed by atoms with E-state index in [-0.39, 0.29) is 11.9 Å². The second-order valence-corrected chi connectivity index (χ2v) is 6.37. The van der Waals surface area contributed by atoms with Crippen molar-refractivity contribution in [3.8, 4) is 0 Å². The van der Waals surface area contributed by atoms with E-state index >= 15 is 0 Å². The van der Waals surface area contributed by atoms with Crippen LogP contribution in [0.5, 0.6) is 0 Å². The Hall–Kier alpha value is -0.490. The van der Waals surface area contributed by atoms with Crippen molar-refractivity contribution in [1.29, 1.82) is 0 Å². The van der Waals surface area contributed by atoms with E-state index in [0.717, 1.165) is 5.56 Å². The minimum absolute atomic E-state index is 0.0468. The lowest BCUT2D eigenvalue weighted by Crippen LogP contribution is -2.46. The predicted molar refractivity (Wildman–Crippen MR) is 79.7 cm³/mol. The van der Waals surface area contributed by atoms with E-state index in [2.05, 4.69) is 21.2 Å². The minimum Gasteiger partial charge on any atom is -0.388 e. The number of benzene rings is 1. The van der Waals surface area contributed by atoms with E-state index in [9.17, 15) is 9.50 Å². The summed E-state index contributed by atoms with van der Waals surface area (Å²) in [6.07, 6.45) is 0. The lowest BCUT2D eigenvalue weighted by molar-refractivity contribution is 0.0317. The van der Waals surface area contributed by atoms with Gasteiger partial charge in [0.2, 0.25) is 0 Å². The molecule has 0 radical (unpaired) electrons. The van der Waals surface area contributed by atoms with E-state index in [1.165, 1.54) is 6.07 Å². The van der Waals surface area contributed by atoms with Crippen molar-refractivity contribution in [2.75, 3.05) is 27.2 Å². The van der Waals surface area contributed by atoms with Crippen LogP contribution in [0.2, 0.25) is 0 Å². The number of nitrogens with zero attached hydrogens (tertiary/aromatic N) is 1. The molecule has 1 aromatic rings. The third kappa shape index (κ3) is 5.57. The van der Waals surface area contributed by atoms with Crippen molar-refractivity contribution >= 4 is 15.9 Å². The monoisotopic (exact) mass is 332 g/mol. The molecule has 1 aromatic carbocycles. The summed E-state index contributed by atoms with van der Waals surface area (Å²) in [7, 11) is 3.85. The molecule has 2 N–H and O–H groups in total. The van der Waals surface area contributed by atoms with Crippen LogP contribution in [0.1, 0.15) is 25.5 Å². The highest BCUT2D eigenvalue weighted by Gasteiger charge is 2.22. The van der Waals surface area contributed by atoms with Gasteiger partial charge in [-0.15, -0.1) is 0 Å². The Morgan fingerprint density at radius 3 is 2.63 bits per heavy atom. The van der Waals surface area contributed by atoms with Crippen LogP contribution in [0.4, 0.5) is 4.39 Å². The van der Waals surface area contributed by atoms with Gasteiger partial charge >= 0.3 is 0 Å². The topological polar surface area (TPSA) is 35.5 Å². The highest BCUT2D eigenvalue weighted by atomic mass is 79.9. The summed E-state index contributed by atoms with van der Waals surface area (Å²) < 4.78 is 13.6. The number of hydrogen-bond acceptors (Lipinski definition) is 3. The van der Waals surface area contributed by atoms with Gasteiger partial charge in [-0.3, -0.25) is 0 Å². The van der Waals surface area contributed by atoms with Crippen molar-refractivity contribution < 1.29 is 9.50 Å². The van der Waals surface area contributed by atoms with Gasteiger partial charge in [-0.1, -0.05) is 6.07 Å². The summed E-state index contributed by atoms with van der Waals surface area (Å²) in [5.41, 5.74) is 0.184. The van der Waals surface area contributed by atoms with Crippen LogP contribution in [0.15, 0.2) is 22.7 Å². The molecule has 108 valence electrons. The molecule has 0 aliphatic rings. The number of halogens is 2. The summed E-state index contributed by atoms with van der Waals surface area (Å²) in [4.78, 5) is 1.95. The van der Waals surface area contributed by atoms with Gasteiger partial charge in [0.15, 0.2) is 0 Å². The zero-order chi connectivity index (χ0) is 14.6. The normalized spacial score (nSPS) is 16.4. The first-order valence-corrected chi connectivity index (χ1v) is 7.06. The van der Waals surface area contributed by atoms with Crippen LogP contribution in [0.3, 0.4) is 0 Å². The number of nitrogens with one attached hydrogen (secondary N) is 1. The van der Waals surface area contributed by atoms with Crippen molar-refractivity contribution in [3.05, 3.63) is 34.1 Å². The Labute approximate surface area is 122 Å². The molecule has 0 aromatic heterocycles. The van der Waals surface area contributed by atoms with Crippen molar-refractivity contribution in [2.24, 2.45) is 0 Å². The van der Waals surface area contributed by atoms with Crippen molar-refractivity contribution in [2.45, 2.75) is 25.5 Å². The molecular formula is C14H22BrFN2O. The second kappa shape index (κ2) is 6.79. The molecule has 0 amide bonds. The highest BCUT2D eigenvalue weighted by molar-refractivity contribution is 9.10. The first-order chi connectivity index (χ1) is 8.71. The van der Waals surface area contributed by atoms with E-state index in [1.54, 1.807) is 19.1 Å². The largest absolute Gasteiger partial charge is 0.388 e. The molecule has 1 rings (SSSR count). The maximum absolute atomic E-state index is 13.2. The van der Waals surface area contributed by atoms with Crippen LogP contribution >= 0.6 is 15.9 Å². The van der Waals surface area contributed by atoms with Crippen LogP contribution in [-0.2, 0) is 0 Å². The zero-order valence-electron chi connectivity index (χ0n) is 11.9. The first kappa shape index (κ1) is 16.6. The SMILES string of the molecule is CC(NCC(C)(O)CN(C)C)c1ccc(F)c(Br)c1. The quantitative estimate of drug-likeness (QED) is 0.840. The van der Waals surface area contributed by atoms with E-state index in [0.29, 0.717) is 17.6 Å². The lowest BCUT2D eigenvalue weighted by atomic mass is 10.0. The first-order valence-electron chi connectivity index (χ1n) is 6.27. The Kier molecular flexibility index (Phi) is 5.92. The third-order valence-corrected chi connectivity index (χ3v) is 3.50. The predicted octanol–water partition coefficient (Wildman–Crippen LogP) is 2.55. The standard InChI is InChI=1S/C14H22BrFN2O/c1-10(11-5-6-13(16)12(15)7-11)17-8-14(2,19)9-18(3)4/h5-7,10,17,19H,8-9H2,1-4H3. The zero-order valence-corrected chi connectivity index (χ0v) is 13.5. The Morgan fingerprint density at radius 1 is 1.47 bits per heavy atom. The van der Waals surface area contributed by atoms with Crippen LogP contribution in [0.25, 0.3) is 0 Å². The van der Waals surface area contributed by atoms with Crippen molar-refractivity contribution in [1.82, 2.24) is 10.2 Å². The number of hydrogen-bond donors (Lipinski definition) is 2. The van der Waals surface area contributed by atoms with Crippen LogP contribution < -0.4 is 5.32 Å². The fourth-order valence-electron chi connectivity index (χ4n) is 2.01. The molecule has 19 heavy (non-hydrogen) atoms. The van der Waals surface area contributed by atoms with Gasteiger partial charge < -0.3 is 15.3 Å². The van der Waals surface area contributed by atoms with E-state index < -0.39 is 5.60 Å². The number of aliphatic hydroxyl groups is 1. The fraction of sp³-hybridized carbons (Fsp3) is 0.571. The Balaban J connectivity index is 2.59. The molecule has 0 saturated heterocycles. The number of rotatable bonds is 6. The summed E-state index contributed by atoms with van der Waals surface area (Å²) in [5.74, 6) is -0.268. The second-order valence-electron chi connectivity index (χ2n) is 5.51. The summed E-state index contributed by atoms with van der Waals surface area (Å²) >= 11 is 3.18. The molecule has 0 aliphatic heterocycles. The van der Waals surface area contributed by atoms with Crippen LogP contribution in [0, 0.1) is 5.82 Å². The van der Waals surface area contributed by atoms with E-state index in [4.69, 9.17) is 0 Å². The Bertz CT molecular complexity index is 424. The van der Waals surface area contributed by atoms with Gasteiger partial charge in [0.1, 0.15) is 5.82 Å². The molecule has 2 atom stereocenters. The summed E-state index contributed by atoms with van der Waals surface area (Å²) in [6, 6.07) is 4.99. The molecule has 2 unspecified atom stereocenters. The minimum atomic E-state index is -0.797. The molecule has 0 fully saturated rings. The van der Waals surface area contributed by atoms with Gasteiger partial charge in [0, 0.05) is 19.1 Å². The molecule has 0 aliphatic carbocycles. The molecule has 3 nitrogen and oxygen atoms in total. The van der Waals surface area contributed by atoms with Crippen LogP contribution in [-0.4, -0.2) is 42.8 Å². The fourth-order valence-corrected chi connectivity index (χ4v) is 2.41. The third-order valence-electron chi connectivity index (χ3n) is 2.89. The number of likely N-dealkylation sites (N-methyl/N-ethyl adjacent to an activating group) is 1. The molecular weight excluding hydrogens is 311 g/mol. The lowest BCUT2D eigenvalue weighted by Gasteiger charge is -2.29. The smallest absolute Gasteiger partial charge is 0.137 e. The van der Waals surface area contributed by atoms with E-state index in [1.807, 2.05) is 25.9 Å². The van der Waals surface area contributed by atoms with Crippen molar-refractivity contribution in [3.63, 3.8) is 0 Å². The summed E-state index contributed by atoms with van der Waals surface area (Å²) in [5, 5.41) is 13.5. The van der Waals surface area contributed by atoms with Gasteiger partial charge in [-0.05, 0) is 61.6 Å². The molecule has 5 heteroatoms. The molecule has 0 bridgehead atoms. The average molecular weight is 333 g/mol. The van der Waals surface area contributed by atoms with Gasteiger partial charge in [0.05, 0.1) is 10.1 Å². The average Bonchev–Trinajstić information content (AvgIpc) is 2.28. The van der Waals surface area contributed by atoms with Gasteiger partial charge in [-0.25, -0.2) is 4.39 Å². The molecule has 0 spiro atoms. The highest BCUT2D eigenvalue weighted by Crippen LogP contribution is 2.21. The molecule has 0 heterocycles. The molecule has 0 saturated carbocycles. The Morgan fingerprint density at radius 2 is 2.11 bits per heavy atom.